The smallest absolute Gasteiger partial charge is 0.0527 e. The van der Waals surface area contributed by atoms with E-state index < -0.39 is 0 Å². The standard InChI is InChI=1S/C14H23ClN2/c1-10-5-6-12(13(15)7-10)14(2,3)11-8-16-17(4)9-11/h8-10,12-13H,5-7H2,1-4H3. The summed E-state index contributed by atoms with van der Waals surface area (Å²) in [6.45, 7) is 6.92. The van der Waals surface area contributed by atoms with Crippen molar-refractivity contribution >= 4 is 11.6 Å². The summed E-state index contributed by atoms with van der Waals surface area (Å²) < 4.78 is 1.88. The number of alkyl halides is 1. The number of hydrogen-bond donors (Lipinski definition) is 0. The number of aromatic nitrogens is 2. The Labute approximate surface area is 109 Å². The lowest BCUT2D eigenvalue weighted by molar-refractivity contribution is 0.207. The van der Waals surface area contributed by atoms with Crippen molar-refractivity contribution in [3.05, 3.63) is 18.0 Å². The Bertz CT molecular complexity index is 383. The summed E-state index contributed by atoms with van der Waals surface area (Å²) in [7, 11) is 1.97. The van der Waals surface area contributed by atoms with Crippen LogP contribution in [0, 0.1) is 11.8 Å². The largest absolute Gasteiger partial charge is 0.276 e. The van der Waals surface area contributed by atoms with Crippen LogP contribution in [0.3, 0.4) is 0 Å². The van der Waals surface area contributed by atoms with Gasteiger partial charge >= 0.3 is 0 Å². The molecule has 3 unspecified atom stereocenters. The van der Waals surface area contributed by atoms with Gasteiger partial charge in [0, 0.05) is 18.6 Å². The summed E-state index contributed by atoms with van der Waals surface area (Å²) in [6.07, 6.45) is 7.80. The third kappa shape index (κ3) is 2.52. The van der Waals surface area contributed by atoms with Crippen LogP contribution in [0.2, 0.25) is 0 Å². The number of nitrogens with zero attached hydrogens (tertiary/aromatic N) is 2. The quantitative estimate of drug-likeness (QED) is 0.736. The van der Waals surface area contributed by atoms with Gasteiger partial charge in [0.1, 0.15) is 0 Å². The maximum atomic E-state index is 6.59. The molecule has 1 heterocycles. The highest BCUT2D eigenvalue weighted by Crippen LogP contribution is 2.44. The lowest BCUT2D eigenvalue weighted by Gasteiger charge is -2.41. The van der Waals surface area contributed by atoms with E-state index in [2.05, 4.69) is 32.1 Å². The number of rotatable bonds is 2. The number of halogens is 1. The molecule has 1 aromatic heterocycles. The highest BCUT2D eigenvalue weighted by atomic mass is 35.5. The predicted octanol–water partition coefficient (Wildman–Crippen LogP) is 3.74. The summed E-state index contributed by atoms with van der Waals surface area (Å²) in [5, 5.41) is 4.59. The van der Waals surface area contributed by atoms with Gasteiger partial charge in [-0.15, -0.1) is 11.6 Å². The molecule has 1 aliphatic rings. The molecule has 17 heavy (non-hydrogen) atoms. The molecule has 3 heteroatoms. The molecule has 0 saturated heterocycles. The van der Waals surface area contributed by atoms with Gasteiger partial charge in [0.05, 0.1) is 6.20 Å². The van der Waals surface area contributed by atoms with E-state index in [-0.39, 0.29) is 5.41 Å². The fourth-order valence-electron chi connectivity index (χ4n) is 3.09. The van der Waals surface area contributed by atoms with E-state index in [1.807, 2.05) is 17.9 Å². The Balaban J connectivity index is 2.20. The zero-order chi connectivity index (χ0) is 12.6. The van der Waals surface area contributed by atoms with Crippen LogP contribution in [0.5, 0.6) is 0 Å². The summed E-state index contributed by atoms with van der Waals surface area (Å²) in [5.74, 6) is 1.34. The number of hydrogen-bond acceptors (Lipinski definition) is 1. The van der Waals surface area contributed by atoms with Gasteiger partial charge < -0.3 is 0 Å². The molecule has 3 atom stereocenters. The molecule has 0 spiro atoms. The topological polar surface area (TPSA) is 17.8 Å². The zero-order valence-corrected chi connectivity index (χ0v) is 12.0. The normalized spacial score (nSPS) is 30.5. The highest BCUT2D eigenvalue weighted by molar-refractivity contribution is 6.20. The maximum absolute atomic E-state index is 6.59. The minimum atomic E-state index is 0.126. The second-order valence-corrected chi connectivity index (χ2v) is 6.73. The fraction of sp³-hybridized carbons (Fsp3) is 0.786. The SMILES string of the molecule is CC1CCC(C(C)(C)c2cnn(C)c2)C(Cl)C1. The van der Waals surface area contributed by atoms with E-state index in [1.165, 1.54) is 18.4 Å². The molecule has 0 N–H and O–H groups in total. The van der Waals surface area contributed by atoms with Crippen molar-refractivity contribution in [2.24, 2.45) is 18.9 Å². The average Bonchev–Trinajstić information content (AvgIpc) is 2.64. The minimum absolute atomic E-state index is 0.126. The van der Waals surface area contributed by atoms with E-state index in [0.29, 0.717) is 11.3 Å². The van der Waals surface area contributed by atoms with Crippen LogP contribution >= 0.6 is 11.6 Å². The van der Waals surface area contributed by atoms with Gasteiger partial charge in [-0.2, -0.15) is 5.10 Å². The van der Waals surface area contributed by atoms with E-state index in [9.17, 15) is 0 Å². The van der Waals surface area contributed by atoms with E-state index in [4.69, 9.17) is 11.6 Å². The van der Waals surface area contributed by atoms with Gasteiger partial charge in [-0.1, -0.05) is 27.2 Å². The third-order valence-electron chi connectivity index (χ3n) is 4.41. The summed E-state index contributed by atoms with van der Waals surface area (Å²) in [4.78, 5) is 0. The van der Waals surface area contributed by atoms with Crippen molar-refractivity contribution in [3.8, 4) is 0 Å². The maximum Gasteiger partial charge on any atom is 0.0527 e. The molecule has 96 valence electrons. The monoisotopic (exact) mass is 254 g/mol. The van der Waals surface area contributed by atoms with Crippen LogP contribution < -0.4 is 0 Å². The molecule has 2 rings (SSSR count). The average molecular weight is 255 g/mol. The third-order valence-corrected chi connectivity index (χ3v) is 4.89. The number of aryl methyl sites for hydroxylation is 1. The van der Waals surface area contributed by atoms with Crippen molar-refractivity contribution in [1.29, 1.82) is 0 Å². The van der Waals surface area contributed by atoms with E-state index in [0.717, 1.165) is 12.3 Å². The first-order valence-electron chi connectivity index (χ1n) is 6.54. The molecular formula is C14H23ClN2. The van der Waals surface area contributed by atoms with Gasteiger partial charge in [0.2, 0.25) is 0 Å². The molecule has 1 aliphatic carbocycles. The van der Waals surface area contributed by atoms with Crippen molar-refractivity contribution in [3.63, 3.8) is 0 Å². The second kappa shape index (κ2) is 4.64. The van der Waals surface area contributed by atoms with E-state index >= 15 is 0 Å². The summed E-state index contributed by atoms with van der Waals surface area (Å²) in [6, 6.07) is 0. The summed E-state index contributed by atoms with van der Waals surface area (Å²) in [5.41, 5.74) is 1.44. The first-order chi connectivity index (χ1) is 7.91. The second-order valence-electron chi connectivity index (χ2n) is 6.17. The molecule has 0 bridgehead atoms. The van der Waals surface area contributed by atoms with Crippen LogP contribution in [0.1, 0.15) is 45.6 Å². The van der Waals surface area contributed by atoms with Gasteiger partial charge in [-0.05, 0) is 35.7 Å². The Hall–Kier alpha value is -0.500. The molecule has 0 aromatic carbocycles. The summed E-state index contributed by atoms with van der Waals surface area (Å²) >= 11 is 6.59. The first kappa shape index (κ1) is 12.9. The predicted molar refractivity (Wildman–Crippen MR) is 72.4 cm³/mol. The lowest BCUT2D eigenvalue weighted by Crippen LogP contribution is -2.38. The van der Waals surface area contributed by atoms with Crippen molar-refractivity contribution < 1.29 is 0 Å². The van der Waals surface area contributed by atoms with Crippen molar-refractivity contribution in [2.45, 2.75) is 50.8 Å². The van der Waals surface area contributed by atoms with Gasteiger partial charge in [-0.25, -0.2) is 0 Å². The molecule has 1 fully saturated rings. The molecule has 2 nitrogen and oxygen atoms in total. The molecule has 0 aliphatic heterocycles. The Kier molecular flexibility index (Phi) is 3.53. The van der Waals surface area contributed by atoms with Gasteiger partial charge in [-0.3, -0.25) is 4.68 Å². The lowest BCUT2D eigenvalue weighted by atomic mass is 9.66. The van der Waals surface area contributed by atoms with Crippen LogP contribution in [0.15, 0.2) is 12.4 Å². The minimum Gasteiger partial charge on any atom is -0.276 e. The fourth-order valence-corrected chi connectivity index (χ4v) is 3.84. The first-order valence-corrected chi connectivity index (χ1v) is 6.98. The molecule has 0 radical (unpaired) electrons. The Morgan fingerprint density at radius 3 is 2.65 bits per heavy atom. The molecule has 1 aromatic rings. The Morgan fingerprint density at radius 2 is 2.12 bits per heavy atom. The van der Waals surface area contributed by atoms with E-state index in [1.54, 1.807) is 0 Å². The molecule has 0 amide bonds. The van der Waals surface area contributed by atoms with Crippen molar-refractivity contribution in [1.82, 2.24) is 9.78 Å². The van der Waals surface area contributed by atoms with Crippen molar-refractivity contribution in [2.75, 3.05) is 0 Å². The van der Waals surface area contributed by atoms with Crippen LogP contribution in [0.4, 0.5) is 0 Å². The van der Waals surface area contributed by atoms with Crippen LogP contribution in [-0.4, -0.2) is 15.2 Å². The Morgan fingerprint density at radius 1 is 1.41 bits per heavy atom. The van der Waals surface area contributed by atoms with Crippen LogP contribution in [0.25, 0.3) is 0 Å². The zero-order valence-electron chi connectivity index (χ0n) is 11.3. The van der Waals surface area contributed by atoms with Gasteiger partial charge in [0.15, 0.2) is 0 Å². The van der Waals surface area contributed by atoms with Gasteiger partial charge in [0.25, 0.3) is 0 Å². The molecular weight excluding hydrogens is 232 g/mol. The molecule has 1 saturated carbocycles. The van der Waals surface area contributed by atoms with Crippen LogP contribution in [-0.2, 0) is 12.5 Å². The highest BCUT2D eigenvalue weighted by Gasteiger charge is 2.39.